The summed E-state index contributed by atoms with van der Waals surface area (Å²) in [4.78, 5) is 16.4. The van der Waals surface area contributed by atoms with Crippen molar-refractivity contribution in [1.82, 2.24) is 24.5 Å². The fourth-order valence-electron chi connectivity index (χ4n) is 2.12. The quantitative estimate of drug-likeness (QED) is 0.944. The number of hydrogen-bond acceptors (Lipinski definition) is 4. The highest BCUT2D eigenvalue weighted by Crippen LogP contribution is 2.28. The monoisotopic (exact) mass is 318 g/mol. The number of nitrogens with zero attached hydrogens (tertiary/aromatic N) is 5. The van der Waals surface area contributed by atoms with Crippen molar-refractivity contribution >= 4 is 11.7 Å². The predicted octanol–water partition coefficient (Wildman–Crippen LogP) is 2.73. The molecule has 2 aromatic rings. The lowest BCUT2D eigenvalue weighted by atomic mass is 9.92. The molecule has 7 nitrogen and oxygen atoms in total. The maximum absolute atomic E-state index is 12.5. The van der Waals surface area contributed by atoms with E-state index in [0.29, 0.717) is 5.82 Å². The molecule has 0 saturated carbocycles. The summed E-state index contributed by atoms with van der Waals surface area (Å²) in [5.74, 6) is 0.542. The third-order valence-corrected chi connectivity index (χ3v) is 3.58. The van der Waals surface area contributed by atoms with Gasteiger partial charge in [-0.15, -0.1) is 0 Å². The molecule has 7 heteroatoms. The topological polar surface area (TPSA) is 77.6 Å². The Morgan fingerprint density at radius 3 is 2.35 bits per heavy atom. The molecule has 0 fully saturated rings. The zero-order valence-electron chi connectivity index (χ0n) is 15.0. The van der Waals surface area contributed by atoms with Gasteiger partial charge in [0.15, 0.2) is 0 Å². The van der Waals surface area contributed by atoms with Gasteiger partial charge in [-0.25, -0.2) is 14.3 Å². The third kappa shape index (κ3) is 3.78. The van der Waals surface area contributed by atoms with E-state index in [1.165, 1.54) is 17.3 Å². The van der Waals surface area contributed by atoms with Crippen LogP contribution in [0, 0.1) is 0 Å². The lowest BCUT2D eigenvalue weighted by Gasteiger charge is -2.23. The summed E-state index contributed by atoms with van der Waals surface area (Å²) >= 11 is 0. The number of nitrogens with one attached hydrogen (secondary N) is 1. The number of rotatable bonds is 3. The minimum absolute atomic E-state index is 0.0898. The predicted molar refractivity (Wildman–Crippen MR) is 89.3 cm³/mol. The van der Waals surface area contributed by atoms with Crippen LogP contribution in [0.2, 0.25) is 0 Å². The second kappa shape index (κ2) is 5.79. The molecule has 2 rings (SSSR count). The van der Waals surface area contributed by atoms with Crippen LogP contribution in [0.25, 0.3) is 0 Å². The number of carbonyl (C=O) groups excluding carboxylic acids is 1. The van der Waals surface area contributed by atoms with Crippen LogP contribution < -0.4 is 5.32 Å². The van der Waals surface area contributed by atoms with Crippen LogP contribution in [0.4, 0.5) is 5.82 Å². The average Bonchev–Trinajstić information content (AvgIpc) is 3.04. The number of anilines is 1. The van der Waals surface area contributed by atoms with Crippen molar-refractivity contribution in [2.75, 3.05) is 5.32 Å². The van der Waals surface area contributed by atoms with Crippen molar-refractivity contribution in [3.8, 4) is 0 Å². The molecule has 0 aliphatic heterocycles. The van der Waals surface area contributed by atoms with Gasteiger partial charge in [-0.05, 0) is 27.7 Å². The number of carbonyl (C=O) groups is 1. The van der Waals surface area contributed by atoms with Gasteiger partial charge in [0.05, 0.1) is 11.2 Å². The van der Waals surface area contributed by atoms with Gasteiger partial charge in [-0.3, -0.25) is 4.79 Å². The first-order chi connectivity index (χ1) is 10.5. The normalized spacial score (nSPS) is 13.9. The summed E-state index contributed by atoms with van der Waals surface area (Å²) in [6.07, 6.45) is 2.95. The summed E-state index contributed by atoms with van der Waals surface area (Å²) in [5.41, 5.74) is 0.618. The Kier molecular flexibility index (Phi) is 4.32. The van der Waals surface area contributed by atoms with E-state index in [9.17, 15) is 4.79 Å². The van der Waals surface area contributed by atoms with Gasteiger partial charge in [-0.2, -0.15) is 10.2 Å². The van der Waals surface area contributed by atoms with Crippen molar-refractivity contribution in [3.63, 3.8) is 0 Å². The summed E-state index contributed by atoms with van der Waals surface area (Å²) in [6, 6.07) is 1.50. The number of hydrogen-bond donors (Lipinski definition) is 1. The molecule has 1 unspecified atom stereocenters. The summed E-state index contributed by atoms with van der Waals surface area (Å²) in [5, 5.41) is 11.7. The van der Waals surface area contributed by atoms with Crippen LogP contribution in [0.15, 0.2) is 18.7 Å². The van der Waals surface area contributed by atoms with Crippen LogP contribution in [0.5, 0.6) is 0 Å². The molecular formula is C16H26N6O. The zero-order valence-corrected chi connectivity index (χ0v) is 15.0. The van der Waals surface area contributed by atoms with E-state index < -0.39 is 6.04 Å². The molecule has 0 aliphatic carbocycles. The SMILES string of the molecule is CC(C(=O)Nc1cc(C(C)(C)C)nn1C(C)(C)C)n1cncn1. The fraction of sp³-hybridized carbons (Fsp3) is 0.625. The van der Waals surface area contributed by atoms with E-state index >= 15 is 0 Å². The van der Waals surface area contributed by atoms with Crippen molar-refractivity contribution < 1.29 is 4.79 Å². The standard InChI is InChI=1S/C16H26N6O/c1-11(21-10-17-9-18-21)14(23)19-13-8-12(15(2,3)4)20-22(13)16(5,6)7/h8-11H,1-7H3,(H,19,23). The molecule has 2 aromatic heterocycles. The van der Waals surface area contributed by atoms with E-state index in [-0.39, 0.29) is 16.9 Å². The Hall–Kier alpha value is -2.18. The van der Waals surface area contributed by atoms with Crippen molar-refractivity contribution in [2.45, 2.75) is 65.5 Å². The number of amides is 1. The average molecular weight is 318 g/mol. The van der Waals surface area contributed by atoms with Gasteiger partial charge in [0.2, 0.25) is 5.91 Å². The Morgan fingerprint density at radius 1 is 1.22 bits per heavy atom. The largest absolute Gasteiger partial charge is 0.309 e. The minimum Gasteiger partial charge on any atom is -0.309 e. The van der Waals surface area contributed by atoms with Gasteiger partial charge in [0, 0.05) is 11.5 Å². The van der Waals surface area contributed by atoms with Crippen molar-refractivity contribution in [2.24, 2.45) is 0 Å². The molecule has 0 spiro atoms. The first-order valence-electron chi connectivity index (χ1n) is 7.76. The lowest BCUT2D eigenvalue weighted by Crippen LogP contribution is -2.30. The van der Waals surface area contributed by atoms with Crippen molar-refractivity contribution in [3.05, 3.63) is 24.4 Å². The van der Waals surface area contributed by atoms with E-state index in [0.717, 1.165) is 5.69 Å². The van der Waals surface area contributed by atoms with E-state index in [4.69, 9.17) is 5.10 Å². The molecule has 1 atom stereocenters. The van der Waals surface area contributed by atoms with Crippen LogP contribution in [-0.4, -0.2) is 30.5 Å². The van der Waals surface area contributed by atoms with Crippen molar-refractivity contribution in [1.29, 1.82) is 0 Å². The van der Waals surface area contributed by atoms with Gasteiger partial charge in [0.25, 0.3) is 0 Å². The van der Waals surface area contributed by atoms with E-state index in [1.54, 1.807) is 6.92 Å². The molecule has 23 heavy (non-hydrogen) atoms. The zero-order chi connectivity index (χ0) is 17.4. The van der Waals surface area contributed by atoms with Gasteiger partial charge < -0.3 is 5.32 Å². The second-order valence-electron chi connectivity index (χ2n) is 7.79. The summed E-state index contributed by atoms with van der Waals surface area (Å²) < 4.78 is 3.39. The van der Waals surface area contributed by atoms with Gasteiger partial charge in [-0.1, -0.05) is 20.8 Å². The third-order valence-electron chi connectivity index (χ3n) is 3.58. The highest BCUT2D eigenvalue weighted by atomic mass is 16.2. The van der Waals surface area contributed by atoms with Gasteiger partial charge >= 0.3 is 0 Å². The maximum atomic E-state index is 12.5. The molecule has 0 saturated heterocycles. The first kappa shape index (κ1) is 17.2. The lowest BCUT2D eigenvalue weighted by molar-refractivity contribution is -0.119. The Bertz CT molecular complexity index is 672. The molecular weight excluding hydrogens is 292 g/mol. The molecule has 0 radical (unpaired) electrons. The minimum atomic E-state index is -0.445. The van der Waals surface area contributed by atoms with E-state index in [1.807, 2.05) is 10.7 Å². The molecule has 0 aliphatic rings. The molecule has 0 aromatic carbocycles. The molecule has 1 amide bonds. The van der Waals surface area contributed by atoms with Crippen LogP contribution >= 0.6 is 0 Å². The fourth-order valence-corrected chi connectivity index (χ4v) is 2.12. The Labute approximate surface area is 137 Å². The highest BCUT2D eigenvalue weighted by molar-refractivity contribution is 5.92. The van der Waals surface area contributed by atoms with Crippen LogP contribution in [0.1, 0.15) is 60.2 Å². The highest BCUT2D eigenvalue weighted by Gasteiger charge is 2.27. The molecule has 1 N–H and O–H groups in total. The second-order valence-corrected chi connectivity index (χ2v) is 7.79. The molecule has 126 valence electrons. The maximum Gasteiger partial charge on any atom is 0.250 e. The van der Waals surface area contributed by atoms with E-state index in [2.05, 4.69) is 56.9 Å². The smallest absolute Gasteiger partial charge is 0.250 e. The molecule has 2 heterocycles. The Balaban J connectivity index is 2.31. The number of aromatic nitrogens is 5. The Morgan fingerprint density at radius 2 is 1.87 bits per heavy atom. The van der Waals surface area contributed by atoms with Gasteiger partial charge in [0.1, 0.15) is 24.5 Å². The summed E-state index contributed by atoms with van der Waals surface area (Å²) in [6.45, 7) is 14.3. The van der Waals surface area contributed by atoms with Crippen LogP contribution in [-0.2, 0) is 15.7 Å². The molecule has 0 bridgehead atoms. The first-order valence-corrected chi connectivity index (χ1v) is 7.76. The van der Waals surface area contributed by atoms with Crippen LogP contribution in [0.3, 0.4) is 0 Å². The summed E-state index contributed by atoms with van der Waals surface area (Å²) in [7, 11) is 0.